The van der Waals surface area contributed by atoms with E-state index in [-0.39, 0.29) is 18.0 Å². The highest BCUT2D eigenvalue weighted by Gasteiger charge is 2.23. The average Bonchev–Trinajstić information content (AvgIpc) is 2.82. The van der Waals surface area contributed by atoms with Gasteiger partial charge in [-0.3, -0.25) is 4.79 Å². The van der Waals surface area contributed by atoms with E-state index < -0.39 is 17.9 Å². The molecular weight excluding hydrogens is 454 g/mol. The molecule has 0 fully saturated rings. The normalized spacial score (nSPS) is 13.8. The number of aryl methyl sites for hydroxylation is 2. The lowest BCUT2D eigenvalue weighted by atomic mass is 9.90. The van der Waals surface area contributed by atoms with E-state index in [4.69, 9.17) is 9.15 Å². The topological polar surface area (TPSA) is 106 Å². The van der Waals surface area contributed by atoms with E-state index >= 15 is 0 Å². The molecule has 0 saturated heterocycles. The molecule has 0 aliphatic heterocycles. The van der Waals surface area contributed by atoms with E-state index in [0.29, 0.717) is 29.1 Å². The molecule has 2 aromatic carbocycles. The summed E-state index contributed by atoms with van der Waals surface area (Å²) in [6, 6.07) is 12.3. The van der Waals surface area contributed by atoms with Crippen molar-refractivity contribution in [2.75, 3.05) is 12.4 Å². The van der Waals surface area contributed by atoms with Gasteiger partial charge >= 0.3 is 11.6 Å². The highest BCUT2D eigenvalue weighted by Crippen LogP contribution is 2.34. The number of nitrogens with one attached hydrogen (secondary N) is 1. The summed E-state index contributed by atoms with van der Waals surface area (Å²) in [4.78, 5) is 36.6. The van der Waals surface area contributed by atoms with Crippen LogP contribution >= 0.6 is 11.8 Å². The quantitative estimate of drug-likeness (QED) is 0.447. The molecule has 1 amide bonds. The van der Waals surface area contributed by atoms with Crippen molar-refractivity contribution in [3.05, 3.63) is 75.1 Å². The van der Waals surface area contributed by atoms with Gasteiger partial charge in [0.1, 0.15) is 17.4 Å². The van der Waals surface area contributed by atoms with Crippen LogP contribution in [-0.4, -0.2) is 35.4 Å². The van der Waals surface area contributed by atoms with Crippen molar-refractivity contribution in [3.8, 4) is 5.75 Å². The van der Waals surface area contributed by atoms with Crippen LogP contribution in [0.3, 0.4) is 0 Å². The number of carboxylic acids is 1. The first-order valence-electron chi connectivity index (χ1n) is 11.3. The van der Waals surface area contributed by atoms with Crippen LogP contribution in [0.1, 0.15) is 35.1 Å². The lowest BCUT2D eigenvalue weighted by Gasteiger charge is -2.19. The molecule has 1 heterocycles. The van der Waals surface area contributed by atoms with Gasteiger partial charge in [0.2, 0.25) is 0 Å². The van der Waals surface area contributed by atoms with Crippen molar-refractivity contribution < 1.29 is 23.8 Å². The molecule has 34 heavy (non-hydrogen) atoms. The zero-order valence-electron chi connectivity index (χ0n) is 19.0. The summed E-state index contributed by atoms with van der Waals surface area (Å²) in [5, 5.41) is 12.8. The van der Waals surface area contributed by atoms with E-state index in [0.717, 1.165) is 41.3 Å². The number of rotatable bonds is 9. The maximum atomic E-state index is 12.5. The van der Waals surface area contributed by atoms with E-state index in [1.807, 2.05) is 43.3 Å². The molecule has 0 radical (unpaired) electrons. The fraction of sp³-hybridized carbons (Fsp3) is 0.346. The first-order chi connectivity index (χ1) is 16.4. The number of carbonyl (C=O) groups is 2. The van der Waals surface area contributed by atoms with Crippen LogP contribution in [0.15, 0.2) is 51.7 Å². The molecule has 8 heteroatoms. The van der Waals surface area contributed by atoms with Gasteiger partial charge in [-0.05, 0) is 61.4 Å². The van der Waals surface area contributed by atoms with Gasteiger partial charge in [0, 0.05) is 17.1 Å². The maximum Gasteiger partial charge on any atom is 0.339 e. The number of thioether (sulfide) groups is 1. The minimum absolute atomic E-state index is 0.238. The Kier molecular flexibility index (Phi) is 7.57. The van der Waals surface area contributed by atoms with Gasteiger partial charge in [-0.15, -0.1) is 0 Å². The van der Waals surface area contributed by atoms with Crippen LogP contribution in [0.25, 0.3) is 11.0 Å². The third-order valence-electron chi connectivity index (χ3n) is 5.82. The number of ether oxygens (including phenoxy) is 1. The molecule has 2 N–H and O–H groups in total. The molecule has 4 rings (SSSR count). The summed E-state index contributed by atoms with van der Waals surface area (Å²) >= 11 is 1.44. The number of hydrogen-bond donors (Lipinski definition) is 2. The van der Waals surface area contributed by atoms with Crippen LogP contribution in [0.5, 0.6) is 5.75 Å². The number of carbonyl (C=O) groups excluding carboxylic acids is 1. The number of benzene rings is 2. The molecule has 3 aromatic rings. The summed E-state index contributed by atoms with van der Waals surface area (Å²) in [6.07, 6.45) is 3.33. The maximum absolute atomic E-state index is 12.5. The van der Waals surface area contributed by atoms with Crippen molar-refractivity contribution in [3.63, 3.8) is 0 Å². The molecule has 1 aliphatic carbocycles. The van der Waals surface area contributed by atoms with Crippen LogP contribution in [-0.2, 0) is 28.2 Å². The van der Waals surface area contributed by atoms with Crippen molar-refractivity contribution in [2.24, 2.45) is 0 Å². The third-order valence-corrected chi connectivity index (χ3v) is 6.92. The van der Waals surface area contributed by atoms with Crippen molar-refractivity contribution >= 4 is 34.6 Å². The second kappa shape index (κ2) is 10.8. The molecular formula is C26H27NO6S. The Bertz CT molecular complexity index is 1250. The lowest BCUT2D eigenvalue weighted by Crippen LogP contribution is -2.44. The van der Waals surface area contributed by atoms with Gasteiger partial charge < -0.3 is 19.6 Å². The monoisotopic (exact) mass is 481 g/mol. The summed E-state index contributed by atoms with van der Waals surface area (Å²) in [6.45, 7) is 1.52. The lowest BCUT2D eigenvalue weighted by molar-refractivity contribution is -0.141. The zero-order chi connectivity index (χ0) is 24.1. The van der Waals surface area contributed by atoms with Crippen LogP contribution in [0.2, 0.25) is 0 Å². The molecule has 1 atom stereocenters. The molecule has 178 valence electrons. The Morgan fingerprint density at radius 1 is 1.15 bits per heavy atom. The summed E-state index contributed by atoms with van der Waals surface area (Å²) in [5.41, 5.74) is 3.66. The van der Waals surface area contributed by atoms with Crippen LogP contribution in [0, 0.1) is 6.92 Å². The van der Waals surface area contributed by atoms with Gasteiger partial charge in [-0.25, -0.2) is 9.59 Å². The summed E-state index contributed by atoms with van der Waals surface area (Å²) in [7, 11) is 0. The van der Waals surface area contributed by atoms with Gasteiger partial charge in [0.15, 0.2) is 6.61 Å². The van der Waals surface area contributed by atoms with E-state index in [1.165, 1.54) is 11.8 Å². The van der Waals surface area contributed by atoms with Crippen LogP contribution < -0.4 is 15.7 Å². The Balaban J connectivity index is 1.44. The van der Waals surface area contributed by atoms with Crippen molar-refractivity contribution in [1.29, 1.82) is 0 Å². The largest absolute Gasteiger partial charge is 0.483 e. The van der Waals surface area contributed by atoms with Gasteiger partial charge in [-0.1, -0.05) is 30.3 Å². The van der Waals surface area contributed by atoms with E-state index in [1.54, 1.807) is 6.07 Å². The van der Waals surface area contributed by atoms with E-state index in [9.17, 15) is 19.5 Å². The number of aliphatic carboxylic acids is 1. The number of carboxylic acid groups (broad SMARTS) is 1. The first kappa shape index (κ1) is 23.9. The van der Waals surface area contributed by atoms with Gasteiger partial charge in [-0.2, -0.15) is 11.8 Å². The molecule has 7 nitrogen and oxygen atoms in total. The third kappa shape index (κ3) is 5.62. The predicted octanol–water partition coefficient (Wildman–Crippen LogP) is 3.86. The number of amides is 1. The highest BCUT2D eigenvalue weighted by molar-refractivity contribution is 7.98. The van der Waals surface area contributed by atoms with Crippen molar-refractivity contribution in [2.45, 2.75) is 44.4 Å². The fourth-order valence-corrected chi connectivity index (χ4v) is 5.21. The molecule has 1 aromatic heterocycles. The Labute approximate surface area is 201 Å². The van der Waals surface area contributed by atoms with Gasteiger partial charge in [0.05, 0.1) is 5.39 Å². The second-order valence-electron chi connectivity index (χ2n) is 8.44. The standard InChI is InChI=1S/C26H27NO6S/c1-16-11-21(24-18-9-5-6-10-19(18)26(31)33-22(24)12-16)32-13-23(28)27-20(25(29)30)15-34-14-17-7-3-2-4-8-17/h2-4,7-8,11-12,20H,5-6,9-10,13-15H2,1H3,(H,27,28)(H,29,30)/t20-/m0/s1. The SMILES string of the molecule is Cc1cc(OCC(=O)N[C@@H](CSCc2ccccc2)C(=O)O)c2c3c(c(=O)oc2c1)CCCC3. The molecule has 0 spiro atoms. The minimum atomic E-state index is -1.09. The highest BCUT2D eigenvalue weighted by atomic mass is 32.2. The molecule has 0 unspecified atom stereocenters. The second-order valence-corrected chi connectivity index (χ2v) is 9.47. The smallest absolute Gasteiger partial charge is 0.339 e. The summed E-state index contributed by atoms with van der Waals surface area (Å²) in [5.74, 6) is -0.248. The first-order valence-corrected chi connectivity index (χ1v) is 12.4. The fourth-order valence-electron chi connectivity index (χ4n) is 4.20. The molecule has 1 aliphatic rings. The van der Waals surface area contributed by atoms with Crippen LogP contribution in [0.4, 0.5) is 0 Å². The Morgan fingerprint density at radius 2 is 1.88 bits per heavy atom. The number of fused-ring (bicyclic) bond motifs is 3. The summed E-state index contributed by atoms with van der Waals surface area (Å²) < 4.78 is 11.4. The predicted molar refractivity (Wildman–Crippen MR) is 132 cm³/mol. The number of hydrogen-bond acceptors (Lipinski definition) is 6. The molecule has 0 bridgehead atoms. The zero-order valence-corrected chi connectivity index (χ0v) is 19.8. The minimum Gasteiger partial charge on any atom is -0.483 e. The Hall–Kier alpha value is -3.26. The van der Waals surface area contributed by atoms with Gasteiger partial charge in [0.25, 0.3) is 5.91 Å². The van der Waals surface area contributed by atoms with E-state index in [2.05, 4.69) is 5.32 Å². The Morgan fingerprint density at radius 3 is 2.62 bits per heavy atom. The van der Waals surface area contributed by atoms with Crippen molar-refractivity contribution in [1.82, 2.24) is 5.32 Å². The average molecular weight is 482 g/mol. The molecule has 0 saturated carbocycles.